The number of nitrogens with one attached hydrogen (secondary N) is 1. The standard InChI is InChI=1S/C15H13F3N2O2/c16-15(17,18)10-22-13-8-11(6-7-19-13)9-20-14(21)12-4-2-1-3-5-12/h1-8H,9-10H2,(H,20,21). The van der Waals surface area contributed by atoms with Crippen molar-refractivity contribution in [2.45, 2.75) is 12.7 Å². The van der Waals surface area contributed by atoms with Gasteiger partial charge in [-0.05, 0) is 23.8 Å². The quantitative estimate of drug-likeness (QED) is 0.924. The monoisotopic (exact) mass is 310 g/mol. The Bertz CT molecular complexity index is 630. The Balaban J connectivity index is 1.92. The number of halogens is 3. The Morgan fingerprint density at radius 1 is 1.18 bits per heavy atom. The molecule has 116 valence electrons. The number of rotatable bonds is 5. The van der Waals surface area contributed by atoms with Crippen LogP contribution in [0.3, 0.4) is 0 Å². The number of aromatic nitrogens is 1. The summed E-state index contributed by atoms with van der Waals surface area (Å²) in [4.78, 5) is 15.5. The number of benzene rings is 1. The van der Waals surface area contributed by atoms with E-state index < -0.39 is 12.8 Å². The molecule has 1 aromatic carbocycles. The molecule has 0 aliphatic heterocycles. The van der Waals surface area contributed by atoms with Gasteiger partial charge in [0.05, 0.1) is 0 Å². The van der Waals surface area contributed by atoms with Gasteiger partial charge in [-0.2, -0.15) is 13.2 Å². The number of pyridine rings is 1. The summed E-state index contributed by atoms with van der Waals surface area (Å²) in [5.41, 5.74) is 1.10. The summed E-state index contributed by atoms with van der Waals surface area (Å²) in [7, 11) is 0. The molecule has 0 fully saturated rings. The Morgan fingerprint density at radius 3 is 2.59 bits per heavy atom. The molecule has 0 aliphatic carbocycles. The summed E-state index contributed by atoms with van der Waals surface area (Å²) in [5.74, 6) is -0.404. The molecule has 0 unspecified atom stereocenters. The summed E-state index contributed by atoms with van der Waals surface area (Å²) >= 11 is 0. The van der Waals surface area contributed by atoms with Gasteiger partial charge in [0.25, 0.3) is 5.91 Å². The number of alkyl halides is 3. The lowest BCUT2D eigenvalue weighted by Crippen LogP contribution is -2.23. The summed E-state index contributed by atoms with van der Waals surface area (Å²) in [6.45, 7) is -1.24. The number of nitrogens with zero attached hydrogens (tertiary/aromatic N) is 1. The van der Waals surface area contributed by atoms with Crippen molar-refractivity contribution in [3.8, 4) is 5.88 Å². The Kier molecular flexibility index (Phi) is 4.98. The molecule has 2 rings (SSSR count). The fraction of sp³-hybridized carbons (Fsp3) is 0.200. The average molecular weight is 310 g/mol. The number of carbonyl (C=O) groups excluding carboxylic acids is 1. The molecule has 7 heteroatoms. The molecule has 0 saturated heterocycles. The van der Waals surface area contributed by atoms with Crippen molar-refractivity contribution in [2.75, 3.05) is 6.61 Å². The summed E-state index contributed by atoms with van der Waals surface area (Å²) in [6.07, 6.45) is -3.09. The van der Waals surface area contributed by atoms with Crippen LogP contribution in [0.25, 0.3) is 0 Å². The van der Waals surface area contributed by atoms with Gasteiger partial charge in [-0.15, -0.1) is 0 Å². The number of hydrogen-bond donors (Lipinski definition) is 1. The molecule has 0 bridgehead atoms. The van der Waals surface area contributed by atoms with Gasteiger partial charge < -0.3 is 10.1 Å². The first-order valence-electron chi connectivity index (χ1n) is 6.42. The van der Waals surface area contributed by atoms with E-state index in [4.69, 9.17) is 0 Å². The lowest BCUT2D eigenvalue weighted by atomic mass is 10.2. The van der Waals surface area contributed by atoms with Crippen LogP contribution in [0.15, 0.2) is 48.7 Å². The molecule has 0 saturated carbocycles. The van der Waals surface area contributed by atoms with Gasteiger partial charge in [-0.25, -0.2) is 4.98 Å². The van der Waals surface area contributed by atoms with Crippen LogP contribution in [0.4, 0.5) is 13.2 Å². The van der Waals surface area contributed by atoms with Crippen molar-refractivity contribution < 1.29 is 22.7 Å². The minimum Gasteiger partial charge on any atom is -0.468 e. The molecule has 0 radical (unpaired) electrons. The van der Waals surface area contributed by atoms with E-state index in [1.165, 1.54) is 12.3 Å². The largest absolute Gasteiger partial charge is 0.468 e. The van der Waals surface area contributed by atoms with Crippen molar-refractivity contribution in [3.63, 3.8) is 0 Å². The van der Waals surface area contributed by atoms with E-state index in [2.05, 4.69) is 15.0 Å². The first-order valence-corrected chi connectivity index (χ1v) is 6.42. The molecule has 2 aromatic rings. The molecular weight excluding hydrogens is 297 g/mol. The number of hydrogen-bond acceptors (Lipinski definition) is 3. The van der Waals surface area contributed by atoms with E-state index in [0.717, 1.165) is 0 Å². The van der Waals surface area contributed by atoms with E-state index >= 15 is 0 Å². The second-order valence-corrected chi connectivity index (χ2v) is 4.45. The number of amides is 1. The minimum atomic E-state index is -4.42. The lowest BCUT2D eigenvalue weighted by Gasteiger charge is -2.10. The third kappa shape index (κ3) is 5.08. The second kappa shape index (κ2) is 6.93. The highest BCUT2D eigenvalue weighted by molar-refractivity contribution is 5.94. The van der Waals surface area contributed by atoms with Gasteiger partial charge in [0.1, 0.15) is 0 Å². The average Bonchev–Trinajstić information content (AvgIpc) is 2.51. The number of carbonyl (C=O) groups is 1. The highest BCUT2D eigenvalue weighted by atomic mass is 19.4. The van der Waals surface area contributed by atoms with E-state index in [9.17, 15) is 18.0 Å². The molecule has 0 spiro atoms. The maximum Gasteiger partial charge on any atom is 0.422 e. The topological polar surface area (TPSA) is 51.2 Å². The Morgan fingerprint density at radius 2 is 1.91 bits per heavy atom. The van der Waals surface area contributed by atoms with Crippen LogP contribution in [0, 0.1) is 0 Å². The molecule has 1 aromatic heterocycles. The first kappa shape index (κ1) is 15.8. The number of ether oxygens (including phenoxy) is 1. The van der Waals surface area contributed by atoms with Gasteiger partial charge in [-0.1, -0.05) is 18.2 Å². The minimum absolute atomic E-state index is 0.135. The van der Waals surface area contributed by atoms with Crippen LogP contribution in [0.1, 0.15) is 15.9 Å². The van der Waals surface area contributed by atoms with Crippen molar-refractivity contribution >= 4 is 5.91 Å². The zero-order chi connectivity index (χ0) is 16.0. The van der Waals surface area contributed by atoms with Crippen LogP contribution < -0.4 is 10.1 Å². The van der Waals surface area contributed by atoms with Crippen LogP contribution in [-0.4, -0.2) is 23.7 Å². The lowest BCUT2D eigenvalue weighted by molar-refractivity contribution is -0.154. The normalized spacial score (nSPS) is 11.0. The van der Waals surface area contributed by atoms with Gasteiger partial charge in [0, 0.05) is 24.4 Å². The molecule has 1 heterocycles. The fourth-order valence-corrected chi connectivity index (χ4v) is 1.67. The van der Waals surface area contributed by atoms with Crippen molar-refractivity contribution in [1.82, 2.24) is 10.3 Å². The predicted octanol–water partition coefficient (Wildman–Crippen LogP) is 2.95. The third-order valence-electron chi connectivity index (χ3n) is 2.67. The van der Waals surface area contributed by atoms with Gasteiger partial charge in [-0.3, -0.25) is 4.79 Å². The van der Waals surface area contributed by atoms with E-state index in [0.29, 0.717) is 11.1 Å². The van der Waals surface area contributed by atoms with Gasteiger partial charge in [0.15, 0.2) is 6.61 Å². The van der Waals surface area contributed by atoms with Crippen LogP contribution in [0.2, 0.25) is 0 Å². The van der Waals surface area contributed by atoms with Gasteiger partial charge >= 0.3 is 6.18 Å². The van der Waals surface area contributed by atoms with Crippen molar-refractivity contribution in [1.29, 1.82) is 0 Å². The molecule has 1 amide bonds. The summed E-state index contributed by atoms with van der Waals surface area (Å²) in [6, 6.07) is 11.6. The SMILES string of the molecule is O=C(NCc1ccnc(OCC(F)(F)F)c1)c1ccccc1. The van der Waals surface area contributed by atoms with E-state index in [1.54, 1.807) is 36.4 Å². The Labute approximate surface area is 124 Å². The molecule has 4 nitrogen and oxygen atoms in total. The summed E-state index contributed by atoms with van der Waals surface area (Å²) < 4.78 is 40.8. The van der Waals surface area contributed by atoms with Crippen molar-refractivity contribution in [3.05, 3.63) is 59.8 Å². The maximum absolute atomic E-state index is 12.1. The second-order valence-electron chi connectivity index (χ2n) is 4.45. The Hall–Kier alpha value is -2.57. The van der Waals surface area contributed by atoms with Crippen molar-refractivity contribution in [2.24, 2.45) is 0 Å². The highest BCUT2D eigenvalue weighted by Gasteiger charge is 2.28. The first-order chi connectivity index (χ1) is 10.4. The molecular formula is C15H13F3N2O2. The van der Waals surface area contributed by atoms with Crippen LogP contribution >= 0.6 is 0 Å². The third-order valence-corrected chi connectivity index (χ3v) is 2.67. The smallest absolute Gasteiger partial charge is 0.422 e. The molecule has 0 aliphatic rings. The zero-order valence-corrected chi connectivity index (χ0v) is 11.4. The summed E-state index contributed by atoms with van der Waals surface area (Å²) in [5, 5.41) is 2.67. The molecule has 22 heavy (non-hydrogen) atoms. The maximum atomic E-state index is 12.1. The van der Waals surface area contributed by atoms with Crippen LogP contribution in [-0.2, 0) is 6.54 Å². The highest BCUT2D eigenvalue weighted by Crippen LogP contribution is 2.17. The fourth-order valence-electron chi connectivity index (χ4n) is 1.67. The molecule has 1 N–H and O–H groups in total. The van der Waals surface area contributed by atoms with Crippen LogP contribution in [0.5, 0.6) is 5.88 Å². The zero-order valence-electron chi connectivity index (χ0n) is 11.4. The van der Waals surface area contributed by atoms with Gasteiger partial charge in [0.2, 0.25) is 5.88 Å². The molecule has 0 atom stereocenters. The predicted molar refractivity (Wildman–Crippen MR) is 73.4 cm³/mol. The van der Waals surface area contributed by atoms with E-state index in [1.807, 2.05) is 0 Å². The van der Waals surface area contributed by atoms with E-state index in [-0.39, 0.29) is 18.3 Å².